The van der Waals surface area contributed by atoms with Crippen molar-refractivity contribution in [3.05, 3.63) is 47.4 Å². The van der Waals surface area contributed by atoms with E-state index in [0.717, 1.165) is 18.7 Å². The number of carbonyl (C=O) groups excluding carboxylic acids is 1. The number of carbonyl (C=O) groups is 1. The molecule has 126 valence electrons. The van der Waals surface area contributed by atoms with Gasteiger partial charge in [0.2, 0.25) is 0 Å². The molecule has 0 radical (unpaired) electrons. The molecule has 3 rings (SSSR count). The van der Waals surface area contributed by atoms with E-state index < -0.39 is 0 Å². The van der Waals surface area contributed by atoms with Gasteiger partial charge in [-0.2, -0.15) is 0 Å². The molecule has 0 unspecified atom stereocenters. The van der Waals surface area contributed by atoms with Crippen LogP contribution < -0.4 is 4.90 Å². The van der Waals surface area contributed by atoms with Crippen LogP contribution in [0.2, 0.25) is 0 Å². The van der Waals surface area contributed by atoms with Gasteiger partial charge >= 0.3 is 0 Å². The van der Waals surface area contributed by atoms with Crippen molar-refractivity contribution in [2.75, 3.05) is 24.5 Å². The first-order chi connectivity index (χ1) is 11.7. The van der Waals surface area contributed by atoms with Crippen molar-refractivity contribution >= 4 is 46.0 Å². The molecule has 24 heavy (non-hydrogen) atoms. The number of hydrogen-bond donors (Lipinski definition) is 0. The molecule has 0 saturated carbocycles. The first-order valence-corrected chi connectivity index (χ1v) is 9.63. The summed E-state index contributed by atoms with van der Waals surface area (Å²) in [5, 5.41) is 0. The van der Waals surface area contributed by atoms with Gasteiger partial charge in [0, 0.05) is 25.3 Å². The lowest BCUT2D eigenvalue weighted by Gasteiger charge is -2.22. The van der Waals surface area contributed by atoms with Gasteiger partial charge in [-0.25, -0.2) is 0 Å². The van der Waals surface area contributed by atoms with E-state index in [2.05, 4.69) is 35.7 Å². The largest absolute Gasteiger partial charge is 0.372 e. The van der Waals surface area contributed by atoms with Crippen LogP contribution in [0.4, 0.5) is 5.69 Å². The van der Waals surface area contributed by atoms with E-state index in [1.54, 1.807) is 11.0 Å². The summed E-state index contributed by atoms with van der Waals surface area (Å²) in [5.74, 6) is -0.0264. The quantitative estimate of drug-likeness (QED) is 0.451. The first kappa shape index (κ1) is 17.2. The van der Waals surface area contributed by atoms with Crippen molar-refractivity contribution in [3.8, 4) is 0 Å². The Morgan fingerprint density at radius 2 is 1.79 bits per heavy atom. The molecule has 0 aliphatic carbocycles. The number of thioether (sulfide) groups is 1. The van der Waals surface area contributed by atoms with Gasteiger partial charge in [-0.15, -0.1) is 6.58 Å². The van der Waals surface area contributed by atoms with E-state index in [1.807, 2.05) is 6.08 Å². The highest BCUT2D eigenvalue weighted by molar-refractivity contribution is 8.26. The van der Waals surface area contributed by atoms with Gasteiger partial charge in [-0.05, 0) is 36.6 Å². The average molecular weight is 359 g/mol. The molecule has 2 aliphatic rings. The molecular formula is C19H22N2OS2. The van der Waals surface area contributed by atoms with Crippen LogP contribution in [0, 0.1) is 0 Å². The summed E-state index contributed by atoms with van der Waals surface area (Å²) in [5.41, 5.74) is 2.31. The smallest absolute Gasteiger partial charge is 0.266 e. The van der Waals surface area contributed by atoms with E-state index in [9.17, 15) is 4.79 Å². The Morgan fingerprint density at radius 1 is 1.12 bits per heavy atom. The van der Waals surface area contributed by atoms with Crippen LogP contribution in [0.3, 0.4) is 0 Å². The van der Waals surface area contributed by atoms with Crippen LogP contribution in [0.1, 0.15) is 31.2 Å². The predicted octanol–water partition coefficient (Wildman–Crippen LogP) is 4.45. The molecule has 0 N–H and O–H groups in total. The molecule has 1 aromatic carbocycles. The van der Waals surface area contributed by atoms with Crippen molar-refractivity contribution in [1.29, 1.82) is 0 Å². The lowest BCUT2D eigenvalue weighted by Crippen LogP contribution is -2.27. The Labute approximate surface area is 153 Å². The van der Waals surface area contributed by atoms with E-state index in [4.69, 9.17) is 12.2 Å². The summed E-state index contributed by atoms with van der Waals surface area (Å²) in [7, 11) is 0. The Hall–Kier alpha value is -1.59. The summed E-state index contributed by atoms with van der Waals surface area (Å²) in [6, 6.07) is 8.48. The number of benzene rings is 1. The maximum absolute atomic E-state index is 12.4. The van der Waals surface area contributed by atoms with Gasteiger partial charge in [0.15, 0.2) is 0 Å². The molecule has 2 fully saturated rings. The van der Waals surface area contributed by atoms with Crippen molar-refractivity contribution in [2.24, 2.45) is 0 Å². The van der Waals surface area contributed by atoms with Crippen LogP contribution in [-0.2, 0) is 4.79 Å². The van der Waals surface area contributed by atoms with Crippen molar-refractivity contribution in [2.45, 2.75) is 25.7 Å². The van der Waals surface area contributed by atoms with Crippen molar-refractivity contribution in [1.82, 2.24) is 4.90 Å². The molecule has 1 aromatic rings. The second-order valence-electron chi connectivity index (χ2n) is 6.07. The highest BCUT2D eigenvalue weighted by Gasteiger charge is 2.30. The summed E-state index contributed by atoms with van der Waals surface area (Å²) in [4.78, 5) is 17.1. The second kappa shape index (κ2) is 7.99. The topological polar surface area (TPSA) is 23.6 Å². The fraction of sp³-hybridized carbons (Fsp3) is 0.368. The molecule has 2 aliphatic heterocycles. The minimum atomic E-state index is -0.0264. The Balaban J connectivity index is 1.73. The van der Waals surface area contributed by atoms with Crippen molar-refractivity contribution < 1.29 is 4.79 Å². The number of thiocarbonyl (C=S) groups is 1. The van der Waals surface area contributed by atoms with Crippen LogP contribution in [0.5, 0.6) is 0 Å². The third kappa shape index (κ3) is 3.90. The number of nitrogens with zero attached hydrogens (tertiary/aromatic N) is 2. The number of rotatable bonds is 4. The predicted molar refractivity (Wildman–Crippen MR) is 107 cm³/mol. The third-order valence-electron chi connectivity index (χ3n) is 4.35. The zero-order valence-corrected chi connectivity index (χ0v) is 15.4. The minimum absolute atomic E-state index is 0.0264. The molecule has 0 bridgehead atoms. The van der Waals surface area contributed by atoms with Gasteiger partial charge in [-0.1, -0.05) is 55.0 Å². The number of hydrogen-bond acceptors (Lipinski definition) is 4. The van der Waals surface area contributed by atoms with Gasteiger partial charge < -0.3 is 4.90 Å². The highest BCUT2D eigenvalue weighted by Crippen LogP contribution is 2.32. The summed E-state index contributed by atoms with van der Waals surface area (Å²) >= 11 is 6.63. The first-order valence-electron chi connectivity index (χ1n) is 8.40. The number of anilines is 1. The minimum Gasteiger partial charge on any atom is -0.372 e. The van der Waals surface area contributed by atoms with Gasteiger partial charge in [0.1, 0.15) is 4.32 Å². The van der Waals surface area contributed by atoms with E-state index in [1.165, 1.54) is 43.1 Å². The Bertz CT molecular complexity index is 658. The van der Waals surface area contributed by atoms with Crippen LogP contribution >= 0.6 is 24.0 Å². The molecule has 5 heteroatoms. The summed E-state index contributed by atoms with van der Waals surface area (Å²) in [6.45, 7) is 6.42. The zero-order valence-electron chi connectivity index (χ0n) is 13.7. The van der Waals surface area contributed by atoms with Crippen LogP contribution in [0.25, 0.3) is 6.08 Å². The lowest BCUT2D eigenvalue weighted by molar-refractivity contribution is -0.121. The molecule has 1 amide bonds. The van der Waals surface area contributed by atoms with E-state index >= 15 is 0 Å². The van der Waals surface area contributed by atoms with Gasteiger partial charge in [0.25, 0.3) is 5.91 Å². The molecule has 0 aromatic heterocycles. The maximum Gasteiger partial charge on any atom is 0.266 e. The third-order valence-corrected chi connectivity index (χ3v) is 5.73. The van der Waals surface area contributed by atoms with E-state index in [0.29, 0.717) is 15.8 Å². The molecule has 0 spiro atoms. The Kier molecular flexibility index (Phi) is 5.74. The number of amides is 1. The average Bonchev–Trinajstić information content (AvgIpc) is 2.80. The second-order valence-corrected chi connectivity index (χ2v) is 7.75. The fourth-order valence-corrected chi connectivity index (χ4v) is 4.32. The highest BCUT2D eigenvalue weighted by atomic mass is 32.2. The molecule has 2 saturated heterocycles. The molecule has 3 nitrogen and oxygen atoms in total. The van der Waals surface area contributed by atoms with Gasteiger partial charge in [0.05, 0.1) is 4.91 Å². The van der Waals surface area contributed by atoms with Crippen molar-refractivity contribution in [3.63, 3.8) is 0 Å². The normalized spacial score (nSPS) is 20.6. The SMILES string of the molecule is C=CCN1C(=O)/C(=C/c2ccc(N3CCCCCC3)cc2)SC1=S. The Morgan fingerprint density at radius 3 is 2.42 bits per heavy atom. The standard InChI is InChI=1S/C19H22N2OS2/c1-2-11-21-18(22)17(24-19(21)23)14-15-7-9-16(10-8-15)20-12-5-3-4-6-13-20/h2,7-10,14H,1,3-6,11-13H2/b17-14-. The summed E-state index contributed by atoms with van der Waals surface area (Å²) < 4.78 is 0.604. The van der Waals surface area contributed by atoms with E-state index in [-0.39, 0.29) is 5.91 Å². The van der Waals surface area contributed by atoms with Crippen LogP contribution in [-0.4, -0.2) is 34.8 Å². The summed E-state index contributed by atoms with van der Waals surface area (Å²) in [6.07, 6.45) is 8.83. The maximum atomic E-state index is 12.4. The molecular weight excluding hydrogens is 336 g/mol. The molecule has 0 atom stereocenters. The lowest BCUT2D eigenvalue weighted by atomic mass is 10.1. The monoisotopic (exact) mass is 358 g/mol. The van der Waals surface area contributed by atoms with Crippen LogP contribution in [0.15, 0.2) is 41.8 Å². The molecule has 2 heterocycles. The van der Waals surface area contributed by atoms with Gasteiger partial charge in [-0.3, -0.25) is 9.69 Å². The zero-order chi connectivity index (χ0) is 16.9. The fourth-order valence-electron chi connectivity index (χ4n) is 3.05.